The van der Waals surface area contributed by atoms with Crippen LogP contribution in [0.5, 0.6) is 0 Å². The van der Waals surface area contributed by atoms with Crippen molar-refractivity contribution in [2.24, 2.45) is 0 Å². The lowest BCUT2D eigenvalue weighted by Crippen LogP contribution is -1.99. The molecule has 1 aliphatic rings. The molecule has 16 heavy (non-hydrogen) atoms. The first-order valence-corrected chi connectivity index (χ1v) is 5.65. The summed E-state index contributed by atoms with van der Waals surface area (Å²) in [4.78, 5) is 15.7. The summed E-state index contributed by atoms with van der Waals surface area (Å²) in [6, 6.07) is 8.09. The molecule has 3 rings (SSSR count). The molecule has 0 saturated heterocycles. The standard InChI is InChI=1S/C14H13NO/c1-9-12(8-16)14(10-6-7-10)11-4-2-3-5-13(11)15-9/h2-5,8,10H,6-7H2,1H3. The van der Waals surface area contributed by atoms with Gasteiger partial charge < -0.3 is 0 Å². The number of nitrogens with zero attached hydrogens (tertiary/aromatic N) is 1. The molecule has 0 amide bonds. The van der Waals surface area contributed by atoms with Gasteiger partial charge in [-0.25, -0.2) is 0 Å². The number of hydrogen-bond acceptors (Lipinski definition) is 2. The van der Waals surface area contributed by atoms with Crippen LogP contribution in [-0.2, 0) is 0 Å². The van der Waals surface area contributed by atoms with Crippen molar-refractivity contribution in [1.82, 2.24) is 4.98 Å². The van der Waals surface area contributed by atoms with Crippen molar-refractivity contribution >= 4 is 17.2 Å². The Balaban J connectivity index is 2.42. The second-order valence-electron chi connectivity index (χ2n) is 4.43. The van der Waals surface area contributed by atoms with Gasteiger partial charge in [-0.1, -0.05) is 18.2 Å². The monoisotopic (exact) mass is 211 g/mol. The summed E-state index contributed by atoms with van der Waals surface area (Å²) in [5, 5.41) is 1.15. The predicted molar refractivity (Wildman–Crippen MR) is 63.8 cm³/mol. The van der Waals surface area contributed by atoms with E-state index in [0.717, 1.165) is 28.4 Å². The van der Waals surface area contributed by atoms with Crippen LogP contribution >= 0.6 is 0 Å². The van der Waals surface area contributed by atoms with Crippen molar-refractivity contribution in [2.45, 2.75) is 25.7 Å². The van der Waals surface area contributed by atoms with E-state index < -0.39 is 0 Å². The molecule has 2 heteroatoms. The van der Waals surface area contributed by atoms with Crippen LogP contribution in [0.2, 0.25) is 0 Å². The molecule has 0 bridgehead atoms. The van der Waals surface area contributed by atoms with E-state index in [0.29, 0.717) is 5.92 Å². The summed E-state index contributed by atoms with van der Waals surface area (Å²) in [5.74, 6) is 0.576. The molecule has 0 unspecified atom stereocenters. The number of benzene rings is 1. The van der Waals surface area contributed by atoms with Gasteiger partial charge in [-0.05, 0) is 37.3 Å². The maximum absolute atomic E-state index is 11.2. The highest BCUT2D eigenvalue weighted by atomic mass is 16.1. The minimum absolute atomic E-state index is 0.576. The van der Waals surface area contributed by atoms with E-state index in [1.807, 2.05) is 25.1 Å². The van der Waals surface area contributed by atoms with Crippen LogP contribution in [-0.4, -0.2) is 11.3 Å². The van der Waals surface area contributed by atoms with Gasteiger partial charge in [0.2, 0.25) is 0 Å². The fourth-order valence-electron chi connectivity index (χ4n) is 2.34. The number of carbonyl (C=O) groups is 1. The highest BCUT2D eigenvalue weighted by Gasteiger charge is 2.29. The average Bonchev–Trinajstić information content (AvgIpc) is 3.11. The van der Waals surface area contributed by atoms with Crippen LogP contribution in [0.4, 0.5) is 0 Å². The van der Waals surface area contributed by atoms with Crippen molar-refractivity contribution < 1.29 is 4.79 Å². The van der Waals surface area contributed by atoms with Gasteiger partial charge in [-0.3, -0.25) is 9.78 Å². The molecule has 1 saturated carbocycles. The minimum Gasteiger partial charge on any atom is -0.298 e. The minimum atomic E-state index is 0.576. The second kappa shape index (κ2) is 3.41. The summed E-state index contributed by atoms with van der Waals surface area (Å²) in [5.41, 5.74) is 3.89. The third-order valence-electron chi connectivity index (χ3n) is 3.27. The molecule has 0 aliphatic heterocycles. The zero-order valence-corrected chi connectivity index (χ0v) is 9.23. The highest BCUT2D eigenvalue weighted by Crippen LogP contribution is 2.44. The Morgan fingerprint density at radius 1 is 1.31 bits per heavy atom. The lowest BCUT2D eigenvalue weighted by molar-refractivity contribution is 0.112. The zero-order valence-electron chi connectivity index (χ0n) is 9.23. The number of fused-ring (bicyclic) bond motifs is 1. The number of aldehydes is 1. The van der Waals surface area contributed by atoms with Crippen molar-refractivity contribution in [3.63, 3.8) is 0 Å². The predicted octanol–water partition coefficient (Wildman–Crippen LogP) is 3.23. The lowest BCUT2D eigenvalue weighted by Gasteiger charge is -2.10. The zero-order chi connectivity index (χ0) is 11.1. The Kier molecular flexibility index (Phi) is 2.03. The Morgan fingerprint density at radius 3 is 2.75 bits per heavy atom. The summed E-state index contributed by atoms with van der Waals surface area (Å²) >= 11 is 0. The van der Waals surface area contributed by atoms with Crippen molar-refractivity contribution in [2.75, 3.05) is 0 Å². The van der Waals surface area contributed by atoms with Gasteiger partial charge in [0.1, 0.15) is 0 Å². The van der Waals surface area contributed by atoms with E-state index in [1.54, 1.807) is 0 Å². The number of pyridine rings is 1. The van der Waals surface area contributed by atoms with Crippen LogP contribution in [0.1, 0.15) is 40.4 Å². The molecule has 1 heterocycles. The van der Waals surface area contributed by atoms with Gasteiger partial charge in [-0.15, -0.1) is 0 Å². The number of hydrogen-bond donors (Lipinski definition) is 0. The number of aromatic nitrogens is 1. The molecule has 0 atom stereocenters. The van der Waals surface area contributed by atoms with E-state index in [4.69, 9.17) is 0 Å². The summed E-state index contributed by atoms with van der Waals surface area (Å²) in [6.45, 7) is 1.92. The SMILES string of the molecule is Cc1nc2ccccc2c(C2CC2)c1C=O. The quantitative estimate of drug-likeness (QED) is 0.714. The van der Waals surface area contributed by atoms with Crippen LogP contribution in [0, 0.1) is 6.92 Å². The fraction of sp³-hybridized carbons (Fsp3) is 0.286. The highest BCUT2D eigenvalue weighted by molar-refractivity contribution is 5.92. The van der Waals surface area contributed by atoms with E-state index in [-0.39, 0.29) is 0 Å². The molecule has 1 fully saturated rings. The molecular weight excluding hydrogens is 198 g/mol. The van der Waals surface area contributed by atoms with Gasteiger partial charge >= 0.3 is 0 Å². The average molecular weight is 211 g/mol. The number of carbonyl (C=O) groups excluding carboxylic acids is 1. The molecule has 2 nitrogen and oxygen atoms in total. The molecule has 80 valence electrons. The first-order valence-electron chi connectivity index (χ1n) is 5.65. The number of aryl methyl sites for hydroxylation is 1. The Bertz CT molecular complexity index is 570. The number of para-hydroxylation sites is 1. The normalized spacial score (nSPS) is 15.3. The van der Waals surface area contributed by atoms with Gasteiger partial charge in [0, 0.05) is 16.6 Å². The molecule has 0 radical (unpaired) electrons. The maximum Gasteiger partial charge on any atom is 0.152 e. The van der Waals surface area contributed by atoms with Gasteiger partial charge in [0.05, 0.1) is 5.52 Å². The third-order valence-corrected chi connectivity index (χ3v) is 3.27. The molecule has 2 aromatic rings. The molecular formula is C14H13NO. The van der Waals surface area contributed by atoms with E-state index >= 15 is 0 Å². The Hall–Kier alpha value is -1.70. The topological polar surface area (TPSA) is 30.0 Å². The molecule has 1 aliphatic carbocycles. The van der Waals surface area contributed by atoms with Crippen LogP contribution < -0.4 is 0 Å². The molecule has 1 aromatic heterocycles. The summed E-state index contributed by atoms with van der Waals surface area (Å²) < 4.78 is 0. The van der Waals surface area contributed by atoms with E-state index in [2.05, 4.69) is 11.1 Å². The second-order valence-corrected chi connectivity index (χ2v) is 4.43. The fourth-order valence-corrected chi connectivity index (χ4v) is 2.34. The maximum atomic E-state index is 11.2. The van der Waals surface area contributed by atoms with Crippen LogP contribution in [0.15, 0.2) is 24.3 Å². The first-order chi connectivity index (χ1) is 7.81. The first kappa shape index (κ1) is 9.52. The largest absolute Gasteiger partial charge is 0.298 e. The van der Waals surface area contributed by atoms with Crippen molar-refractivity contribution in [3.05, 3.63) is 41.1 Å². The smallest absolute Gasteiger partial charge is 0.152 e. The van der Waals surface area contributed by atoms with E-state index in [1.165, 1.54) is 18.4 Å². The van der Waals surface area contributed by atoms with Crippen LogP contribution in [0.3, 0.4) is 0 Å². The summed E-state index contributed by atoms with van der Waals surface area (Å²) in [7, 11) is 0. The third kappa shape index (κ3) is 1.33. The summed E-state index contributed by atoms with van der Waals surface area (Å²) in [6.07, 6.45) is 3.37. The molecule has 1 aromatic carbocycles. The van der Waals surface area contributed by atoms with Gasteiger partial charge in [-0.2, -0.15) is 0 Å². The van der Waals surface area contributed by atoms with Gasteiger partial charge in [0.15, 0.2) is 6.29 Å². The molecule has 0 spiro atoms. The van der Waals surface area contributed by atoms with Crippen molar-refractivity contribution in [1.29, 1.82) is 0 Å². The van der Waals surface area contributed by atoms with Crippen LogP contribution in [0.25, 0.3) is 10.9 Å². The van der Waals surface area contributed by atoms with E-state index in [9.17, 15) is 4.79 Å². The van der Waals surface area contributed by atoms with Gasteiger partial charge in [0.25, 0.3) is 0 Å². The van der Waals surface area contributed by atoms with Crippen molar-refractivity contribution in [3.8, 4) is 0 Å². The Morgan fingerprint density at radius 2 is 2.06 bits per heavy atom. The lowest BCUT2D eigenvalue weighted by atomic mass is 9.98. The molecule has 0 N–H and O–H groups in total. The number of rotatable bonds is 2. The Labute approximate surface area is 94.3 Å².